The lowest BCUT2D eigenvalue weighted by atomic mass is 10.0. The first kappa shape index (κ1) is 27.5. The molecule has 1 aliphatic rings. The maximum absolute atomic E-state index is 12.0. The van der Waals surface area contributed by atoms with Crippen molar-refractivity contribution in [1.82, 2.24) is 20.2 Å². The Balaban J connectivity index is 1.34. The van der Waals surface area contributed by atoms with Gasteiger partial charge in [0.2, 0.25) is 5.16 Å². The number of ether oxygens (including phenoxy) is 3. The third-order valence-corrected chi connectivity index (χ3v) is 7.24. The average molecular weight is 560 g/mol. The molecule has 3 aromatic carbocycles. The second-order valence-corrected chi connectivity index (χ2v) is 9.99. The van der Waals surface area contributed by atoms with E-state index in [1.54, 1.807) is 16.8 Å². The van der Waals surface area contributed by atoms with Crippen LogP contribution in [0.2, 0.25) is 0 Å². The molecule has 0 unspecified atom stereocenters. The van der Waals surface area contributed by atoms with Gasteiger partial charge in [0, 0.05) is 23.4 Å². The minimum Gasteiger partial charge on any atom is -0.445 e. The van der Waals surface area contributed by atoms with Crippen LogP contribution >= 0.6 is 11.8 Å². The first-order valence-electron chi connectivity index (χ1n) is 12.7. The van der Waals surface area contributed by atoms with Gasteiger partial charge >= 0.3 is 6.09 Å². The Morgan fingerprint density at radius 1 is 1.10 bits per heavy atom. The number of nitrogens with zero attached hydrogens (tertiary/aromatic N) is 4. The molecule has 1 saturated heterocycles. The highest BCUT2D eigenvalue weighted by Gasteiger charge is 2.33. The van der Waals surface area contributed by atoms with Crippen molar-refractivity contribution < 1.29 is 24.1 Å². The largest absolute Gasteiger partial charge is 0.445 e. The molecule has 1 fully saturated rings. The number of hydrogen-bond donors (Lipinski definition) is 2. The fourth-order valence-corrected chi connectivity index (χ4v) is 5.15. The summed E-state index contributed by atoms with van der Waals surface area (Å²) in [7, 11) is 0. The number of carbonyl (C=O) groups excluding carboxylic acids is 1. The molecule has 10 nitrogen and oxygen atoms in total. The number of rotatable bonds is 10. The van der Waals surface area contributed by atoms with E-state index in [2.05, 4.69) is 27.4 Å². The summed E-state index contributed by atoms with van der Waals surface area (Å²) in [5.74, 6) is 0.587. The molecule has 0 saturated carbocycles. The van der Waals surface area contributed by atoms with Crippen molar-refractivity contribution in [1.29, 1.82) is 0 Å². The molecule has 0 aliphatic carbocycles. The van der Waals surface area contributed by atoms with Crippen LogP contribution in [0.4, 0.5) is 10.5 Å². The van der Waals surface area contributed by atoms with Gasteiger partial charge in [-0.3, -0.25) is 5.32 Å². The molecular formula is C29H29N5O5S. The van der Waals surface area contributed by atoms with Gasteiger partial charge in [-0.2, -0.15) is 4.68 Å². The Kier molecular flexibility index (Phi) is 9.19. The van der Waals surface area contributed by atoms with Gasteiger partial charge in [0.05, 0.1) is 24.5 Å². The molecule has 3 atom stereocenters. The van der Waals surface area contributed by atoms with Crippen molar-refractivity contribution in [2.75, 3.05) is 17.7 Å². The van der Waals surface area contributed by atoms with Gasteiger partial charge in [-0.05, 0) is 45.8 Å². The molecule has 206 valence electrons. The van der Waals surface area contributed by atoms with Crippen LogP contribution in [0, 0.1) is 0 Å². The highest BCUT2D eigenvalue weighted by atomic mass is 32.2. The molecule has 40 heavy (non-hydrogen) atoms. The molecule has 0 bridgehead atoms. The van der Waals surface area contributed by atoms with Gasteiger partial charge in [-0.25, -0.2) is 4.79 Å². The maximum atomic E-state index is 12.0. The van der Waals surface area contributed by atoms with Crippen LogP contribution in [0.1, 0.15) is 35.5 Å². The average Bonchev–Trinajstić information content (AvgIpc) is 3.48. The highest BCUT2D eigenvalue weighted by molar-refractivity contribution is 7.99. The van der Waals surface area contributed by atoms with Crippen LogP contribution in [0.5, 0.6) is 0 Å². The molecular weight excluding hydrogens is 530 g/mol. The van der Waals surface area contributed by atoms with Crippen molar-refractivity contribution in [3.63, 3.8) is 0 Å². The second kappa shape index (κ2) is 13.4. The lowest BCUT2D eigenvalue weighted by molar-refractivity contribution is -0.245. The van der Waals surface area contributed by atoms with Crippen molar-refractivity contribution in [3.05, 3.63) is 108 Å². The van der Waals surface area contributed by atoms with Gasteiger partial charge < -0.3 is 19.3 Å². The lowest BCUT2D eigenvalue weighted by Crippen LogP contribution is -2.31. The minimum atomic E-state index is -0.682. The Bertz CT molecular complexity index is 1420. The third-order valence-electron chi connectivity index (χ3n) is 6.19. The van der Waals surface area contributed by atoms with Crippen molar-refractivity contribution >= 4 is 23.5 Å². The van der Waals surface area contributed by atoms with Crippen molar-refractivity contribution in [2.45, 2.75) is 36.7 Å². The van der Waals surface area contributed by atoms with E-state index in [9.17, 15) is 9.90 Å². The number of thioether (sulfide) groups is 1. The summed E-state index contributed by atoms with van der Waals surface area (Å²) in [5.41, 5.74) is 3.99. The van der Waals surface area contributed by atoms with E-state index in [4.69, 9.17) is 14.2 Å². The molecule has 5 rings (SSSR count). The number of anilines is 1. The first-order chi connectivity index (χ1) is 19.6. The summed E-state index contributed by atoms with van der Waals surface area (Å²) in [6.07, 6.45) is 0.412. The quantitative estimate of drug-likeness (QED) is 0.199. The van der Waals surface area contributed by atoms with E-state index in [1.165, 1.54) is 17.8 Å². The Morgan fingerprint density at radius 2 is 1.93 bits per heavy atom. The zero-order valence-electron chi connectivity index (χ0n) is 21.6. The van der Waals surface area contributed by atoms with Gasteiger partial charge in [0.1, 0.15) is 6.61 Å². The third kappa shape index (κ3) is 6.93. The Morgan fingerprint density at radius 3 is 2.70 bits per heavy atom. The normalized spacial score (nSPS) is 18.7. The Labute approximate surface area is 236 Å². The van der Waals surface area contributed by atoms with Crippen LogP contribution in [0.25, 0.3) is 5.69 Å². The number of hydrogen-bond acceptors (Lipinski definition) is 9. The van der Waals surface area contributed by atoms with E-state index in [0.717, 1.165) is 22.4 Å². The summed E-state index contributed by atoms with van der Waals surface area (Å²) in [6.45, 7) is 3.64. The molecule has 11 heteroatoms. The van der Waals surface area contributed by atoms with Gasteiger partial charge in [0.15, 0.2) is 6.29 Å². The zero-order chi connectivity index (χ0) is 27.7. The van der Waals surface area contributed by atoms with E-state index >= 15 is 0 Å². The number of nitrogens with one attached hydrogen (secondary N) is 1. The summed E-state index contributed by atoms with van der Waals surface area (Å²) < 4.78 is 19.6. The number of tetrazole rings is 1. The number of carbonyl (C=O) groups is 1. The van der Waals surface area contributed by atoms with Crippen LogP contribution in [-0.4, -0.2) is 49.9 Å². The van der Waals surface area contributed by atoms with Crippen LogP contribution in [0.15, 0.2) is 96.7 Å². The highest BCUT2D eigenvalue weighted by Crippen LogP contribution is 2.39. The fourth-order valence-electron chi connectivity index (χ4n) is 4.24. The van der Waals surface area contributed by atoms with Crippen LogP contribution in [-0.2, 0) is 20.8 Å². The molecule has 4 aromatic rings. The van der Waals surface area contributed by atoms with Crippen LogP contribution in [0.3, 0.4) is 0 Å². The predicted octanol–water partition coefficient (Wildman–Crippen LogP) is 5.23. The SMILES string of the molecule is C=CCOC(=O)Nc1cccc([C@@H]2O[C@H](CSc3nnnn3-c3ccccc3)C[C@H](c3ccc(CO)cc3)O2)c1. The summed E-state index contributed by atoms with van der Waals surface area (Å²) in [4.78, 5) is 12.0. The molecule has 0 radical (unpaired) electrons. The Hall–Kier alpha value is -4.03. The topological polar surface area (TPSA) is 121 Å². The summed E-state index contributed by atoms with van der Waals surface area (Å²) in [5, 5.41) is 25.0. The predicted molar refractivity (Wildman–Crippen MR) is 150 cm³/mol. The molecule has 1 amide bonds. The monoisotopic (exact) mass is 559 g/mol. The van der Waals surface area contributed by atoms with Crippen molar-refractivity contribution in [3.8, 4) is 5.69 Å². The molecule has 2 heterocycles. The van der Waals surface area contributed by atoms with E-state index in [0.29, 0.717) is 23.0 Å². The maximum Gasteiger partial charge on any atom is 0.411 e. The van der Waals surface area contributed by atoms with E-state index in [1.807, 2.05) is 66.7 Å². The van der Waals surface area contributed by atoms with Gasteiger partial charge in [-0.15, -0.1) is 5.10 Å². The molecule has 2 N–H and O–H groups in total. The number of para-hydroxylation sites is 1. The molecule has 0 spiro atoms. The van der Waals surface area contributed by atoms with Gasteiger partial charge in [0.25, 0.3) is 0 Å². The van der Waals surface area contributed by atoms with E-state index in [-0.39, 0.29) is 25.4 Å². The number of amides is 1. The van der Waals surface area contributed by atoms with Crippen molar-refractivity contribution in [2.24, 2.45) is 0 Å². The standard InChI is InChI=1S/C29H29N5O5S/c1-2-15-37-29(36)30-23-8-6-7-22(16-23)27-38-25(17-26(39-27)21-13-11-20(18-35)12-14-21)19-40-28-31-32-33-34(28)24-9-4-3-5-10-24/h2-14,16,25-27,35H,1,15,17-19H2,(H,30,36)/t25-,26+,27+/m0/s1. The number of benzene rings is 3. The number of aliphatic hydroxyl groups excluding tert-OH is 1. The lowest BCUT2D eigenvalue weighted by Gasteiger charge is -2.36. The number of aliphatic hydroxyl groups is 1. The molecule has 1 aliphatic heterocycles. The fraction of sp³-hybridized carbons (Fsp3) is 0.241. The minimum absolute atomic E-state index is 0.0258. The zero-order valence-corrected chi connectivity index (χ0v) is 22.4. The smallest absolute Gasteiger partial charge is 0.411 e. The first-order valence-corrected chi connectivity index (χ1v) is 13.7. The summed E-state index contributed by atoms with van der Waals surface area (Å²) in [6, 6.07) is 24.7. The summed E-state index contributed by atoms with van der Waals surface area (Å²) >= 11 is 1.51. The van der Waals surface area contributed by atoms with Gasteiger partial charge in [-0.1, -0.05) is 79.0 Å². The second-order valence-electron chi connectivity index (χ2n) is 9.01. The van der Waals surface area contributed by atoms with E-state index < -0.39 is 12.4 Å². The number of aromatic nitrogens is 4. The molecule has 1 aromatic heterocycles. The van der Waals surface area contributed by atoms with Crippen LogP contribution < -0.4 is 5.32 Å².